The Morgan fingerprint density at radius 1 is 0.589 bits per heavy atom. The number of hydrogen-bond acceptors (Lipinski definition) is 8. The fourth-order valence-electron chi connectivity index (χ4n) is 14.6. The van der Waals surface area contributed by atoms with E-state index in [0.717, 1.165) is 126 Å². The summed E-state index contributed by atoms with van der Waals surface area (Å²) >= 11 is 0. The van der Waals surface area contributed by atoms with Gasteiger partial charge < -0.3 is 36.4 Å². The van der Waals surface area contributed by atoms with Crippen LogP contribution in [0, 0.1) is 35.5 Å². The van der Waals surface area contributed by atoms with Crippen LogP contribution in [0.15, 0.2) is 53.5 Å². The number of amides is 6. The Balaban J connectivity index is 0.900. The van der Waals surface area contributed by atoms with Gasteiger partial charge in [0.25, 0.3) is 5.91 Å². The standard InChI is InChI=1S/C59H84N8O6/c1-36(60-4)53(68)62-50(40-18-8-6-9-19-40)57(72)66-32-16-26-48(66)55(70)64-52-44-24-14-12-22-42(44)34-45(52)38-28-30-39(31-29-38)47-35-43-23-13-15-25-46(43)59(47,3)65-56(71)49-27-17-33-67(49)58(73)51(41-20-10-7-11-21-41)63-54(69)37(2)61-5/h12-15,22-25,36-41,45,47-51,60-61H,6-11,16-21,26-35H2,1-5H3,(H,62,68)(H,63,69)(H,65,71)/t36-,37-,38?,39?,45-,47-,48-,49-,50-,51-,59+/m0/s1. The SMILES string of the molecule is CN[C@@H](C)C(=O)N[C@H](C(=O)N1CCC[C@H]1C(=O)N=C1c2ccccc2C[C@H]1C1CCC([C@@H]2Cc3ccccc3[C@@]2(C)NC(=O)[C@@H]2CCCN2C(=O)[C@@H](NC(=O)[C@H](C)NC)C2CCCCC2)CC1)C1CCCCC1. The molecule has 14 heteroatoms. The van der Waals surface area contributed by atoms with Crippen molar-refractivity contribution in [3.63, 3.8) is 0 Å². The third-order valence-corrected chi connectivity index (χ3v) is 19.1. The number of fused-ring (bicyclic) bond motifs is 2. The van der Waals surface area contributed by atoms with Gasteiger partial charge in [0.2, 0.25) is 29.5 Å². The maximum absolute atomic E-state index is 14.8. The molecule has 9 rings (SSSR count). The van der Waals surface area contributed by atoms with Gasteiger partial charge in [0.1, 0.15) is 24.2 Å². The summed E-state index contributed by atoms with van der Waals surface area (Å²) in [5.41, 5.74) is 4.87. The van der Waals surface area contributed by atoms with E-state index in [1.807, 2.05) is 6.07 Å². The first-order valence-corrected chi connectivity index (χ1v) is 28.5. The average molecular weight is 1000 g/mol. The first-order chi connectivity index (χ1) is 35.3. The lowest BCUT2D eigenvalue weighted by atomic mass is 9.66. The number of aliphatic imine (C=N–C) groups is 1. The summed E-state index contributed by atoms with van der Waals surface area (Å²) in [7, 11) is 3.49. The highest BCUT2D eigenvalue weighted by Gasteiger charge is 2.51. The van der Waals surface area contributed by atoms with E-state index in [1.165, 1.54) is 11.1 Å². The lowest BCUT2D eigenvalue weighted by Gasteiger charge is -2.43. The number of hydrogen-bond donors (Lipinski definition) is 5. The Morgan fingerprint density at radius 3 is 1.67 bits per heavy atom. The minimum absolute atomic E-state index is 0.0389. The molecule has 2 aromatic carbocycles. The molecule has 9 atom stereocenters. The zero-order valence-electron chi connectivity index (χ0n) is 44.4. The molecule has 3 saturated carbocycles. The van der Waals surface area contributed by atoms with Crippen LogP contribution in [-0.2, 0) is 47.1 Å². The van der Waals surface area contributed by atoms with Crippen molar-refractivity contribution in [3.05, 3.63) is 70.8 Å². The van der Waals surface area contributed by atoms with Gasteiger partial charge in [-0.25, -0.2) is 4.99 Å². The Hall–Kier alpha value is -4.95. The second-order valence-corrected chi connectivity index (χ2v) is 23.3. The summed E-state index contributed by atoms with van der Waals surface area (Å²) in [6.07, 6.45) is 18.1. The van der Waals surface area contributed by atoms with Crippen LogP contribution in [0.2, 0.25) is 0 Å². The van der Waals surface area contributed by atoms with Crippen molar-refractivity contribution in [1.29, 1.82) is 0 Å². The summed E-state index contributed by atoms with van der Waals surface area (Å²) in [6.45, 7) is 6.77. The van der Waals surface area contributed by atoms with Crippen LogP contribution in [0.1, 0.15) is 159 Å². The van der Waals surface area contributed by atoms with Gasteiger partial charge in [0.05, 0.1) is 23.3 Å². The predicted molar refractivity (Wildman–Crippen MR) is 283 cm³/mol. The normalized spacial score (nSPS) is 29.7. The summed E-state index contributed by atoms with van der Waals surface area (Å²) in [6, 6.07) is 13.4. The topological polar surface area (TPSA) is 181 Å². The van der Waals surface area contributed by atoms with Gasteiger partial charge in [-0.3, -0.25) is 28.8 Å². The van der Waals surface area contributed by atoms with E-state index in [-0.39, 0.29) is 59.1 Å². The Kier molecular flexibility index (Phi) is 16.9. The largest absolute Gasteiger partial charge is 0.345 e. The molecular weight excluding hydrogens is 917 g/mol. The Labute approximate surface area is 434 Å². The second-order valence-electron chi connectivity index (χ2n) is 23.3. The maximum Gasteiger partial charge on any atom is 0.268 e. The van der Waals surface area contributed by atoms with E-state index < -0.39 is 41.8 Å². The fraction of sp³-hybridized carbons (Fsp3) is 0.678. The molecule has 0 spiro atoms. The van der Waals surface area contributed by atoms with Crippen molar-refractivity contribution in [3.8, 4) is 0 Å². The minimum Gasteiger partial charge on any atom is -0.345 e. The smallest absolute Gasteiger partial charge is 0.268 e. The van der Waals surface area contributed by atoms with Gasteiger partial charge >= 0.3 is 0 Å². The van der Waals surface area contributed by atoms with Crippen molar-refractivity contribution >= 4 is 41.2 Å². The molecule has 73 heavy (non-hydrogen) atoms. The molecule has 2 saturated heterocycles. The van der Waals surface area contributed by atoms with Gasteiger partial charge in [-0.15, -0.1) is 0 Å². The van der Waals surface area contributed by atoms with E-state index >= 15 is 0 Å². The summed E-state index contributed by atoms with van der Waals surface area (Å²) in [5, 5.41) is 15.9. The van der Waals surface area contributed by atoms with Crippen LogP contribution < -0.4 is 26.6 Å². The third kappa shape index (κ3) is 11.1. The van der Waals surface area contributed by atoms with Crippen LogP contribution in [0.25, 0.3) is 0 Å². The lowest BCUT2D eigenvalue weighted by molar-refractivity contribution is -0.144. The summed E-state index contributed by atoms with van der Waals surface area (Å²) in [4.78, 5) is 93.7. The van der Waals surface area contributed by atoms with Crippen LogP contribution >= 0.6 is 0 Å². The van der Waals surface area contributed by atoms with Crippen molar-refractivity contribution in [2.24, 2.45) is 40.5 Å². The van der Waals surface area contributed by atoms with Crippen molar-refractivity contribution < 1.29 is 28.8 Å². The average Bonchev–Trinajstić information content (AvgIpc) is 4.25. The highest BCUT2D eigenvalue weighted by molar-refractivity contribution is 6.12. The molecule has 2 heterocycles. The van der Waals surface area contributed by atoms with Gasteiger partial charge in [-0.1, -0.05) is 87.1 Å². The van der Waals surface area contributed by atoms with E-state index in [1.54, 1.807) is 37.7 Å². The van der Waals surface area contributed by atoms with Crippen molar-refractivity contribution in [1.82, 2.24) is 36.4 Å². The molecule has 0 unspecified atom stereocenters. The number of nitrogens with zero attached hydrogens (tertiary/aromatic N) is 3. The predicted octanol–water partition coefficient (Wildman–Crippen LogP) is 6.51. The molecule has 2 aromatic rings. The lowest BCUT2D eigenvalue weighted by Crippen LogP contribution is -2.59. The summed E-state index contributed by atoms with van der Waals surface area (Å²) in [5.74, 6) is -0.0938. The molecule has 5 aliphatic carbocycles. The minimum atomic E-state index is -0.666. The second kappa shape index (κ2) is 23.3. The molecule has 0 aromatic heterocycles. The van der Waals surface area contributed by atoms with E-state index in [9.17, 15) is 28.8 Å². The highest BCUT2D eigenvalue weighted by atomic mass is 16.2. The Bertz CT molecular complexity index is 2370. The zero-order valence-corrected chi connectivity index (χ0v) is 44.4. The number of carbonyl (C=O) groups excluding carboxylic acids is 6. The first-order valence-electron chi connectivity index (χ1n) is 28.5. The molecule has 5 fully saturated rings. The van der Waals surface area contributed by atoms with Crippen LogP contribution in [-0.4, -0.2) is 114 Å². The van der Waals surface area contributed by atoms with Gasteiger partial charge in [0.15, 0.2) is 0 Å². The van der Waals surface area contributed by atoms with Crippen LogP contribution in [0.5, 0.6) is 0 Å². The molecule has 6 amide bonds. The molecule has 2 aliphatic heterocycles. The van der Waals surface area contributed by atoms with Crippen LogP contribution in [0.4, 0.5) is 0 Å². The molecule has 14 nitrogen and oxygen atoms in total. The summed E-state index contributed by atoms with van der Waals surface area (Å²) < 4.78 is 0. The van der Waals surface area contributed by atoms with Crippen molar-refractivity contribution in [2.75, 3.05) is 27.2 Å². The monoisotopic (exact) mass is 1000 g/mol. The number of rotatable bonds is 15. The van der Waals surface area contributed by atoms with Crippen LogP contribution in [0.3, 0.4) is 0 Å². The molecule has 0 bridgehead atoms. The quantitative estimate of drug-likeness (QED) is 0.134. The molecule has 396 valence electrons. The van der Waals surface area contributed by atoms with E-state index in [2.05, 4.69) is 76.0 Å². The fourth-order valence-corrected chi connectivity index (χ4v) is 14.6. The van der Waals surface area contributed by atoms with Crippen molar-refractivity contribution in [2.45, 2.75) is 191 Å². The van der Waals surface area contributed by atoms with Gasteiger partial charge in [-0.05, 0) is 177 Å². The number of carbonyl (C=O) groups is 6. The molecule has 7 aliphatic rings. The highest BCUT2D eigenvalue weighted by Crippen LogP contribution is 2.51. The molecular formula is C59H84N8O6. The van der Waals surface area contributed by atoms with E-state index in [0.29, 0.717) is 44.2 Å². The maximum atomic E-state index is 14.8. The third-order valence-electron chi connectivity index (χ3n) is 19.1. The zero-order chi connectivity index (χ0) is 51.4. The van der Waals surface area contributed by atoms with E-state index in [4.69, 9.17) is 4.99 Å². The van der Waals surface area contributed by atoms with Gasteiger partial charge in [-0.2, -0.15) is 0 Å². The first kappa shape index (κ1) is 52.9. The molecule has 0 radical (unpaired) electrons. The van der Waals surface area contributed by atoms with Gasteiger partial charge in [0, 0.05) is 19.0 Å². The number of likely N-dealkylation sites (tertiary alicyclic amines) is 2. The number of nitrogens with one attached hydrogen (secondary N) is 5. The number of benzene rings is 2. The molecule has 5 N–H and O–H groups in total. The Morgan fingerprint density at radius 2 is 1.10 bits per heavy atom. The number of likely N-dealkylation sites (N-methyl/N-ethyl adjacent to an activating group) is 2.